The third-order valence-corrected chi connectivity index (χ3v) is 1.18. The Bertz CT molecular complexity index is 217. The van der Waals surface area contributed by atoms with Crippen LogP contribution in [-0.2, 0) is 4.74 Å². The highest BCUT2D eigenvalue weighted by atomic mass is 19.1. The Morgan fingerprint density at radius 2 is 1.92 bits per heavy atom. The highest BCUT2D eigenvalue weighted by Crippen LogP contribution is 2.13. The number of hydrogen-bond acceptors (Lipinski definition) is 5. The van der Waals surface area contributed by atoms with Gasteiger partial charge in [-0.3, -0.25) is 20.2 Å². The summed E-state index contributed by atoms with van der Waals surface area (Å²) < 4.78 is 16.3. The minimum Gasteiger partial charge on any atom is -0.256 e. The van der Waals surface area contributed by atoms with E-state index in [1.807, 2.05) is 0 Å². The molecule has 0 atom stereocenters. The van der Waals surface area contributed by atoms with E-state index in [2.05, 4.69) is 11.3 Å². The second kappa shape index (κ2) is 4.45. The fourth-order valence-corrected chi connectivity index (χ4v) is 0.501. The van der Waals surface area contributed by atoms with Crippen molar-refractivity contribution in [2.45, 2.75) is 5.85 Å². The van der Waals surface area contributed by atoms with Crippen molar-refractivity contribution in [1.82, 2.24) is 0 Å². The topological polar surface area (TPSA) is 95.5 Å². The summed E-state index contributed by atoms with van der Waals surface area (Å²) in [6, 6.07) is 0. The summed E-state index contributed by atoms with van der Waals surface area (Å²) >= 11 is 0. The molecule has 7 nitrogen and oxygen atoms in total. The predicted octanol–water partition coefficient (Wildman–Crippen LogP) is 0.366. The van der Waals surface area contributed by atoms with Crippen LogP contribution in [0.2, 0.25) is 0 Å². The Morgan fingerprint density at radius 1 is 1.46 bits per heavy atom. The molecule has 0 rings (SSSR count). The third-order valence-electron chi connectivity index (χ3n) is 1.18. The quantitative estimate of drug-likeness (QED) is 0.263. The first kappa shape index (κ1) is 11.4. The van der Waals surface area contributed by atoms with E-state index in [0.717, 1.165) is 6.08 Å². The molecule has 0 heterocycles. The zero-order chi connectivity index (χ0) is 10.5. The second-order valence-electron chi connectivity index (χ2n) is 1.99. The Kier molecular flexibility index (Phi) is 3.92. The largest absolute Gasteiger partial charge is 0.607 e. The molecule has 0 saturated carbocycles. The minimum absolute atomic E-state index is 0.466. The van der Waals surface area contributed by atoms with E-state index in [1.165, 1.54) is 0 Å². The summed E-state index contributed by atoms with van der Waals surface area (Å²) in [6.45, 7) is 0.825. The van der Waals surface area contributed by atoms with E-state index < -0.39 is 29.0 Å². The normalized spacial score (nSPS) is 10.8. The van der Waals surface area contributed by atoms with Crippen molar-refractivity contribution in [3.8, 4) is 0 Å². The van der Waals surface area contributed by atoms with E-state index in [1.54, 1.807) is 0 Å². The van der Waals surface area contributed by atoms with Gasteiger partial charge in [0.25, 0.3) is 6.67 Å². The lowest BCUT2D eigenvalue weighted by atomic mass is 10.5. The fourth-order valence-electron chi connectivity index (χ4n) is 0.501. The standard InChI is InChI=1S/C5H7FN2O5/c1-2-3-13-5(4-6,7(9)10)8(11)12/h2H,1,3-4H2. The van der Waals surface area contributed by atoms with Crippen LogP contribution < -0.4 is 0 Å². The maximum Gasteiger partial charge on any atom is 0.607 e. The molecule has 0 bridgehead atoms. The molecule has 0 aromatic rings. The zero-order valence-corrected chi connectivity index (χ0v) is 6.51. The molecule has 0 radical (unpaired) electrons. The lowest BCUT2D eigenvalue weighted by Gasteiger charge is -2.11. The smallest absolute Gasteiger partial charge is 0.256 e. The van der Waals surface area contributed by atoms with Crippen molar-refractivity contribution >= 4 is 0 Å². The zero-order valence-electron chi connectivity index (χ0n) is 6.51. The van der Waals surface area contributed by atoms with E-state index in [9.17, 15) is 24.6 Å². The summed E-state index contributed by atoms with van der Waals surface area (Å²) in [7, 11) is 0. The summed E-state index contributed by atoms with van der Waals surface area (Å²) in [5.41, 5.74) is 0. The van der Waals surface area contributed by atoms with Gasteiger partial charge >= 0.3 is 5.85 Å². The molecule has 0 unspecified atom stereocenters. The average Bonchev–Trinajstić information content (AvgIpc) is 2.05. The number of alkyl halides is 1. The Morgan fingerprint density at radius 3 is 2.15 bits per heavy atom. The van der Waals surface area contributed by atoms with Gasteiger partial charge in [0.1, 0.15) is 9.85 Å². The van der Waals surface area contributed by atoms with Gasteiger partial charge in [-0.15, -0.1) is 6.58 Å². The molecular formula is C5H7FN2O5. The fraction of sp³-hybridized carbons (Fsp3) is 0.600. The first-order valence-electron chi connectivity index (χ1n) is 3.11. The number of nitro groups is 2. The van der Waals surface area contributed by atoms with Gasteiger partial charge in [-0.2, -0.15) is 0 Å². The van der Waals surface area contributed by atoms with Gasteiger partial charge in [0.2, 0.25) is 0 Å². The molecule has 0 saturated heterocycles. The van der Waals surface area contributed by atoms with Gasteiger partial charge in [-0.05, 0) is 0 Å². The van der Waals surface area contributed by atoms with Crippen molar-refractivity contribution in [3.63, 3.8) is 0 Å². The van der Waals surface area contributed by atoms with Crippen LogP contribution in [0, 0.1) is 20.2 Å². The molecule has 0 aliphatic heterocycles. The third kappa shape index (κ3) is 2.18. The van der Waals surface area contributed by atoms with Gasteiger partial charge < -0.3 is 0 Å². The van der Waals surface area contributed by atoms with Crippen molar-refractivity contribution < 1.29 is 19.0 Å². The van der Waals surface area contributed by atoms with Crippen LogP contribution in [0.1, 0.15) is 0 Å². The summed E-state index contributed by atoms with van der Waals surface area (Å²) in [4.78, 5) is 17.5. The number of halogens is 1. The highest BCUT2D eigenvalue weighted by molar-refractivity contribution is 4.66. The van der Waals surface area contributed by atoms with Crippen LogP contribution >= 0.6 is 0 Å². The van der Waals surface area contributed by atoms with Crippen LogP contribution in [-0.4, -0.2) is 29.0 Å². The molecule has 0 aromatic carbocycles. The van der Waals surface area contributed by atoms with Gasteiger partial charge in [0.15, 0.2) is 0 Å². The molecule has 0 aromatic heterocycles. The lowest BCUT2D eigenvalue weighted by Crippen LogP contribution is -2.51. The van der Waals surface area contributed by atoms with Crippen molar-refractivity contribution in [1.29, 1.82) is 0 Å². The molecule has 0 fully saturated rings. The SMILES string of the molecule is C=CCOC(CF)([N+](=O)[O-])[N+](=O)[O-]. The molecule has 0 spiro atoms. The summed E-state index contributed by atoms with van der Waals surface area (Å²) in [5, 5.41) is 20.3. The van der Waals surface area contributed by atoms with Crippen molar-refractivity contribution in [2.24, 2.45) is 0 Å². The molecule has 8 heteroatoms. The number of nitrogens with zero attached hydrogens (tertiary/aromatic N) is 2. The molecule has 0 aliphatic carbocycles. The summed E-state index contributed by atoms with van der Waals surface area (Å²) in [6.07, 6.45) is 1.05. The van der Waals surface area contributed by atoms with E-state index in [-0.39, 0.29) is 0 Å². The molecule has 0 N–H and O–H groups in total. The van der Waals surface area contributed by atoms with Gasteiger partial charge in [0.05, 0.1) is 6.61 Å². The number of ether oxygens (including phenoxy) is 1. The Hall–Kier alpha value is -1.57. The van der Waals surface area contributed by atoms with Crippen LogP contribution in [0.25, 0.3) is 0 Å². The van der Waals surface area contributed by atoms with Crippen LogP contribution in [0.5, 0.6) is 0 Å². The maximum atomic E-state index is 12.1. The van der Waals surface area contributed by atoms with Gasteiger partial charge in [-0.1, -0.05) is 6.08 Å². The van der Waals surface area contributed by atoms with Crippen LogP contribution in [0.15, 0.2) is 12.7 Å². The molecule has 13 heavy (non-hydrogen) atoms. The van der Waals surface area contributed by atoms with E-state index in [4.69, 9.17) is 0 Å². The van der Waals surface area contributed by atoms with Crippen LogP contribution in [0.3, 0.4) is 0 Å². The highest BCUT2D eigenvalue weighted by Gasteiger charge is 2.59. The number of rotatable bonds is 6. The predicted molar refractivity (Wildman–Crippen MR) is 38.8 cm³/mol. The van der Waals surface area contributed by atoms with Gasteiger partial charge in [0, 0.05) is 0 Å². The van der Waals surface area contributed by atoms with E-state index in [0.29, 0.717) is 0 Å². The lowest BCUT2D eigenvalue weighted by molar-refractivity contribution is -0.849. The van der Waals surface area contributed by atoms with Crippen molar-refractivity contribution in [2.75, 3.05) is 13.3 Å². The molecule has 0 amide bonds. The van der Waals surface area contributed by atoms with Gasteiger partial charge in [-0.25, -0.2) is 9.13 Å². The average molecular weight is 194 g/mol. The van der Waals surface area contributed by atoms with Crippen LogP contribution in [0.4, 0.5) is 4.39 Å². The Balaban J connectivity index is 4.75. The molecular weight excluding hydrogens is 187 g/mol. The molecule has 0 aliphatic rings. The number of hydrogen-bond donors (Lipinski definition) is 0. The second-order valence-corrected chi connectivity index (χ2v) is 1.99. The van der Waals surface area contributed by atoms with Crippen molar-refractivity contribution in [3.05, 3.63) is 32.9 Å². The minimum atomic E-state index is -3.20. The van der Waals surface area contributed by atoms with E-state index >= 15 is 0 Å². The Labute approximate surface area is 72.1 Å². The molecule has 74 valence electrons. The first-order chi connectivity index (χ1) is 6.01. The maximum absolute atomic E-state index is 12.1. The monoisotopic (exact) mass is 194 g/mol. The first-order valence-corrected chi connectivity index (χ1v) is 3.11. The summed E-state index contributed by atoms with van der Waals surface area (Å²) in [5.74, 6) is -3.20.